The Hall–Kier alpha value is -3.40. The molecule has 0 bridgehead atoms. The number of nitrogens with one attached hydrogen (secondary N) is 2. The molecule has 0 radical (unpaired) electrons. The van der Waals surface area contributed by atoms with Gasteiger partial charge in [0.2, 0.25) is 5.91 Å². The first-order valence-corrected chi connectivity index (χ1v) is 6.29. The van der Waals surface area contributed by atoms with Gasteiger partial charge in [-0.2, -0.15) is 5.10 Å². The van der Waals surface area contributed by atoms with Gasteiger partial charge in [-0.1, -0.05) is 11.8 Å². The van der Waals surface area contributed by atoms with Gasteiger partial charge in [-0.3, -0.25) is 14.4 Å². The Morgan fingerprint density at radius 3 is 2.50 bits per heavy atom. The third kappa shape index (κ3) is 4.05. The van der Waals surface area contributed by atoms with E-state index in [1.807, 2.05) is 0 Å². The summed E-state index contributed by atoms with van der Waals surface area (Å²) in [5, 5.41) is 8.32. The van der Waals surface area contributed by atoms with Crippen LogP contribution in [0.1, 0.15) is 26.4 Å². The number of H-pyrrole nitrogens is 1. The van der Waals surface area contributed by atoms with Crippen molar-refractivity contribution in [2.24, 2.45) is 5.73 Å². The number of rotatable bonds is 3. The zero-order valence-electron chi connectivity index (χ0n) is 11.4. The van der Waals surface area contributed by atoms with Gasteiger partial charge in [-0.15, -0.1) is 0 Å². The number of aromatic amines is 1. The third-order valence-electron chi connectivity index (χ3n) is 2.65. The van der Waals surface area contributed by atoms with Crippen LogP contribution in [0.2, 0.25) is 0 Å². The molecule has 1 aromatic heterocycles. The van der Waals surface area contributed by atoms with Crippen molar-refractivity contribution in [3.63, 3.8) is 0 Å². The highest BCUT2D eigenvalue weighted by molar-refractivity contribution is 5.93. The summed E-state index contributed by atoms with van der Waals surface area (Å²) >= 11 is 0. The topological polar surface area (TPSA) is 118 Å². The van der Waals surface area contributed by atoms with Crippen molar-refractivity contribution in [3.05, 3.63) is 63.6 Å². The second-order valence-corrected chi connectivity index (χ2v) is 4.23. The van der Waals surface area contributed by atoms with E-state index in [1.54, 1.807) is 24.3 Å². The molecule has 0 atom stereocenters. The Morgan fingerprint density at radius 2 is 1.91 bits per heavy atom. The summed E-state index contributed by atoms with van der Waals surface area (Å²) in [5.74, 6) is 4.66. The van der Waals surface area contributed by atoms with Crippen LogP contribution in [0, 0.1) is 11.8 Å². The van der Waals surface area contributed by atoms with Crippen molar-refractivity contribution in [2.75, 3.05) is 6.54 Å². The van der Waals surface area contributed by atoms with Crippen LogP contribution in [-0.2, 0) is 0 Å². The molecular formula is C15H12N4O3. The molecule has 7 heteroatoms. The molecule has 0 unspecified atom stereocenters. The molecule has 110 valence electrons. The molecule has 4 N–H and O–H groups in total. The van der Waals surface area contributed by atoms with Crippen molar-refractivity contribution < 1.29 is 9.59 Å². The van der Waals surface area contributed by atoms with Gasteiger partial charge >= 0.3 is 0 Å². The molecule has 2 rings (SSSR count). The van der Waals surface area contributed by atoms with Crippen LogP contribution in [0.25, 0.3) is 0 Å². The largest absolute Gasteiger partial charge is 0.366 e. The van der Waals surface area contributed by atoms with Gasteiger partial charge in [-0.25, -0.2) is 5.10 Å². The quantitative estimate of drug-likeness (QED) is 0.671. The molecule has 0 spiro atoms. The Kier molecular flexibility index (Phi) is 4.67. The Labute approximate surface area is 125 Å². The van der Waals surface area contributed by atoms with Crippen LogP contribution in [0.5, 0.6) is 0 Å². The minimum absolute atomic E-state index is 0.104. The minimum atomic E-state index is -0.500. The van der Waals surface area contributed by atoms with Crippen LogP contribution in [0.4, 0.5) is 0 Å². The fourth-order valence-electron chi connectivity index (χ4n) is 1.55. The molecule has 1 heterocycles. The highest BCUT2D eigenvalue weighted by Crippen LogP contribution is 2.01. The van der Waals surface area contributed by atoms with Crippen molar-refractivity contribution >= 4 is 11.8 Å². The van der Waals surface area contributed by atoms with Gasteiger partial charge in [0.25, 0.3) is 11.5 Å². The normalized spacial score (nSPS) is 9.45. The van der Waals surface area contributed by atoms with Gasteiger partial charge < -0.3 is 11.1 Å². The lowest BCUT2D eigenvalue weighted by atomic mass is 10.1. The second kappa shape index (κ2) is 6.85. The maximum atomic E-state index is 11.7. The first-order valence-electron chi connectivity index (χ1n) is 6.29. The third-order valence-corrected chi connectivity index (χ3v) is 2.65. The van der Waals surface area contributed by atoms with E-state index in [-0.39, 0.29) is 17.8 Å². The standard InChI is InChI=1S/C15H12N4O3/c16-14(21)11-5-3-10(4-6-11)2-1-9-17-15(22)12-7-8-13(20)19-18-12/h3-8H,9H2,(H2,16,21)(H,17,22)(H,19,20). The highest BCUT2D eigenvalue weighted by atomic mass is 16.2. The molecule has 0 fully saturated rings. The average molecular weight is 296 g/mol. The van der Waals surface area contributed by atoms with Crippen molar-refractivity contribution in [1.82, 2.24) is 15.5 Å². The molecule has 0 aliphatic carbocycles. The maximum absolute atomic E-state index is 11.7. The summed E-state index contributed by atoms with van der Waals surface area (Å²) in [6, 6.07) is 9.03. The van der Waals surface area contributed by atoms with Gasteiger partial charge in [-0.05, 0) is 30.3 Å². The van der Waals surface area contributed by atoms with E-state index in [0.717, 1.165) is 0 Å². The number of benzene rings is 1. The summed E-state index contributed by atoms with van der Waals surface area (Å²) in [4.78, 5) is 33.4. The van der Waals surface area contributed by atoms with Gasteiger partial charge in [0.1, 0.15) is 5.69 Å². The second-order valence-electron chi connectivity index (χ2n) is 4.23. The molecular weight excluding hydrogens is 284 g/mol. The molecule has 22 heavy (non-hydrogen) atoms. The molecule has 0 aliphatic heterocycles. The number of aromatic nitrogens is 2. The molecule has 7 nitrogen and oxygen atoms in total. The van der Waals surface area contributed by atoms with Crippen molar-refractivity contribution in [1.29, 1.82) is 0 Å². The Bertz CT molecular complexity index is 793. The smallest absolute Gasteiger partial charge is 0.272 e. The van der Waals surface area contributed by atoms with Crippen LogP contribution in [0.3, 0.4) is 0 Å². The molecule has 0 aliphatic rings. The first kappa shape index (κ1) is 15.0. The molecule has 1 aromatic carbocycles. The number of amides is 2. The average Bonchev–Trinajstić information content (AvgIpc) is 2.52. The first-order chi connectivity index (χ1) is 10.6. The van der Waals surface area contributed by atoms with Gasteiger partial charge in [0.05, 0.1) is 6.54 Å². The summed E-state index contributed by atoms with van der Waals surface area (Å²) < 4.78 is 0. The molecule has 0 saturated carbocycles. The number of nitrogens with zero attached hydrogens (tertiary/aromatic N) is 1. The lowest BCUT2D eigenvalue weighted by Gasteiger charge is -1.98. The molecule has 2 amide bonds. The minimum Gasteiger partial charge on any atom is -0.366 e. The number of primary amides is 1. The summed E-state index contributed by atoms with van der Waals surface area (Å²) in [7, 11) is 0. The fourth-order valence-corrected chi connectivity index (χ4v) is 1.55. The lowest BCUT2D eigenvalue weighted by molar-refractivity contribution is 0.0951. The Morgan fingerprint density at radius 1 is 1.18 bits per heavy atom. The van der Waals surface area contributed by atoms with E-state index in [2.05, 4.69) is 27.4 Å². The van der Waals surface area contributed by atoms with E-state index in [4.69, 9.17) is 5.73 Å². The summed E-state index contributed by atoms with van der Waals surface area (Å²) in [5.41, 5.74) is 5.96. The zero-order chi connectivity index (χ0) is 15.9. The van der Waals surface area contributed by atoms with Crippen molar-refractivity contribution in [3.8, 4) is 11.8 Å². The fraction of sp³-hybridized carbons (Fsp3) is 0.0667. The Balaban J connectivity index is 1.91. The van der Waals surface area contributed by atoms with E-state index >= 15 is 0 Å². The van der Waals surface area contributed by atoms with E-state index in [0.29, 0.717) is 11.1 Å². The lowest BCUT2D eigenvalue weighted by Crippen LogP contribution is -2.26. The molecule has 0 saturated heterocycles. The number of nitrogens with two attached hydrogens (primary N) is 1. The predicted molar refractivity (Wildman–Crippen MR) is 79.0 cm³/mol. The number of carbonyl (C=O) groups excluding carboxylic acids is 2. The van der Waals surface area contributed by atoms with E-state index in [9.17, 15) is 14.4 Å². The van der Waals surface area contributed by atoms with Crippen molar-refractivity contribution in [2.45, 2.75) is 0 Å². The summed E-state index contributed by atoms with van der Waals surface area (Å²) in [6.45, 7) is 0.122. The SMILES string of the molecule is NC(=O)c1ccc(C#CCNC(=O)c2ccc(=O)[nH]n2)cc1. The van der Waals surface area contributed by atoms with Crippen LogP contribution < -0.4 is 16.6 Å². The van der Waals surface area contributed by atoms with E-state index in [1.165, 1.54) is 12.1 Å². The predicted octanol–water partition coefficient (Wildman–Crippen LogP) is -0.350. The number of hydrogen-bond donors (Lipinski definition) is 3. The van der Waals surface area contributed by atoms with Crippen LogP contribution in [-0.4, -0.2) is 28.6 Å². The number of hydrogen-bond acceptors (Lipinski definition) is 4. The monoisotopic (exact) mass is 296 g/mol. The molecule has 2 aromatic rings. The van der Waals surface area contributed by atoms with Crippen LogP contribution >= 0.6 is 0 Å². The van der Waals surface area contributed by atoms with Gasteiger partial charge in [0, 0.05) is 17.2 Å². The van der Waals surface area contributed by atoms with Gasteiger partial charge in [0.15, 0.2) is 0 Å². The highest BCUT2D eigenvalue weighted by Gasteiger charge is 2.04. The van der Waals surface area contributed by atoms with E-state index < -0.39 is 11.8 Å². The maximum Gasteiger partial charge on any atom is 0.272 e. The summed E-state index contributed by atoms with van der Waals surface area (Å²) in [6.07, 6.45) is 0. The number of carbonyl (C=O) groups is 2. The van der Waals surface area contributed by atoms with Crippen LogP contribution in [0.15, 0.2) is 41.2 Å². The zero-order valence-corrected chi connectivity index (χ0v) is 11.4.